The van der Waals surface area contributed by atoms with Gasteiger partial charge >= 0.3 is 0 Å². The van der Waals surface area contributed by atoms with Gasteiger partial charge < -0.3 is 4.90 Å². The largest absolute Gasteiger partial charge is 0.311 e. The molecule has 0 aromatic heterocycles. The molecule has 0 saturated heterocycles. The van der Waals surface area contributed by atoms with Crippen LogP contribution in [-0.2, 0) is 0 Å². The molecule has 0 saturated carbocycles. The summed E-state index contributed by atoms with van der Waals surface area (Å²) in [7, 11) is 0. The van der Waals surface area contributed by atoms with Gasteiger partial charge in [0.05, 0.1) is 0 Å². The van der Waals surface area contributed by atoms with E-state index in [1.54, 1.807) is 0 Å². The Morgan fingerprint density at radius 1 is 0.188 bits per heavy atom. The predicted octanol–water partition coefficient (Wildman–Crippen LogP) is 19.1. The van der Waals surface area contributed by atoms with E-state index in [1.165, 1.54) is 93.9 Å². The van der Waals surface area contributed by atoms with Crippen molar-refractivity contribution in [2.75, 3.05) is 4.90 Å². The van der Waals surface area contributed by atoms with E-state index in [2.05, 4.69) is 290 Å². The molecular weight excluding hydrogens is 831 g/mol. The summed E-state index contributed by atoms with van der Waals surface area (Å²) < 4.78 is 0. The molecule has 0 aliphatic rings. The van der Waals surface area contributed by atoms with Crippen molar-refractivity contribution in [3.63, 3.8) is 0 Å². The number of anilines is 3. The van der Waals surface area contributed by atoms with Crippen LogP contribution in [0.3, 0.4) is 0 Å². The number of nitrogens with zero attached hydrogens (tertiary/aromatic N) is 1. The van der Waals surface area contributed by atoms with E-state index < -0.39 is 0 Å². The molecule has 1 nitrogen and oxygen atoms in total. The van der Waals surface area contributed by atoms with Gasteiger partial charge in [0.15, 0.2) is 0 Å². The zero-order chi connectivity index (χ0) is 45.9. The molecule has 12 aromatic carbocycles. The summed E-state index contributed by atoms with van der Waals surface area (Å²) in [6, 6.07) is 104. The van der Waals surface area contributed by atoms with Crippen molar-refractivity contribution in [2.45, 2.75) is 0 Å². The zero-order valence-corrected chi connectivity index (χ0v) is 38.1. The van der Waals surface area contributed by atoms with Crippen LogP contribution in [0, 0.1) is 0 Å². The standard InChI is InChI=1S/C68H47N/c1-4-16-50(17-5-1)64-44-37-57(47-67(64)53-20-8-3-9-21-53)49-32-40-60(41-33-49)69(59-38-30-48(31-39-59)56-25-14-26-58(46-56)63-29-15-24-51-22-10-12-27-62(51)63)61-42-34-55(35-43-61)68-65-28-13-11-23-54(65)36-45-66(68)52-18-6-2-7-19-52/h1-47H. The van der Waals surface area contributed by atoms with Crippen LogP contribution < -0.4 is 4.90 Å². The fourth-order valence-electron chi connectivity index (χ4n) is 10.1. The van der Waals surface area contributed by atoms with E-state index in [0.29, 0.717) is 0 Å². The van der Waals surface area contributed by atoms with E-state index >= 15 is 0 Å². The smallest absolute Gasteiger partial charge is 0.0462 e. The molecule has 0 spiro atoms. The van der Waals surface area contributed by atoms with E-state index in [9.17, 15) is 0 Å². The third-order valence-electron chi connectivity index (χ3n) is 13.5. The molecule has 0 amide bonds. The highest BCUT2D eigenvalue weighted by molar-refractivity contribution is 6.04. The molecule has 1 heteroatoms. The summed E-state index contributed by atoms with van der Waals surface area (Å²) in [6.45, 7) is 0. The van der Waals surface area contributed by atoms with Crippen molar-refractivity contribution in [2.24, 2.45) is 0 Å². The fraction of sp³-hybridized carbons (Fsp3) is 0. The lowest BCUT2D eigenvalue weighted by atomic mass is 9.89. The molecule has 0 bridgehead atoms. The highest BCUT2D eigenvalue weighted by atomic mass is 15.1. The number of benzene rings is 12. The maximum atomic E-state index is 2.37. The summed E-state index contributed by atoms with van der Waals surface area (Å²) >= 11 is 0. The first-order valence-corrected chi connectivity index (χ1v) is 23.7. The zero-order valence-electron chi connectivity index (χ0n) is 38.1. The fourth-order valence-corrected chi connectivity index (χ4v) is 10.1. The summed E-state index contributed by atoms with van der Waals surface area (Å²) in [5.41, 5.74) is 20.1. The average molecular weight is 878 g/mol. The van der Waals surface area contributed by atoms with Crippen LogP contribution in [-0.4, -0.2) is 0 Å². The van der Waals surface area contributed by atoms with Crippen LogP contribution >= 0.6 is 0 Å². The van der Waals surface area contributed by atoms with Crippen molar-refractivity contribution < 1.29 is 0 Å². The molecule has 69 heavy (non-hydrogen) atoms. The van der Waals surface area contributed by atoms with Crippen molar-refractivity contribution in [3.8, 4) is 77.9 Å². The van der Waals surface area contributed by atoms with Gasteiger partial charge in [0, 0.05) is 17.1 Å². The van der Waals surface area contributed by atoms with Gasteiger partial charge in [0.1, 0.15) is 0 Å². The molecule has 12 aromatic rings. The Morgan fingerprint density at radius 2 is 0.594 bits per heavy atom. The highest BCUT2D eigenvalue weighted by Crippen LogP contribution is 2.43. The van der Waals surface area contributed by atoms with Crippen LogP contribution in [0.15, 0.2) is 285 Å². The Kier molecular flexibility index (Phi) is 11.0. The van der Waals surface area contributed by atoms with E-state index in [4.69, 9.17) is 0 Å². The number of fused-ring (bicyclic) bond motifs is 2. The van der Waals surface area contributed by atoms with Gasteiger partial charge in [0.2, 0.25) is 0 Å². The number of hydrogen-bond donors (Lipinski definition) is 0. The lowest BCUT2D eigenvalue weighted by molar-refractivity contribution is 1.28. The monoisotopic (exact) mass is 877 g/mol. The second-order valence-electron chi connectivity index (χ2n) is 17.7. The van der Waals surface area contributed by atoms with E-state index in [-0.39, 0.29) is 0 Å². The van der Waals surface area contributed by atoms with Gasteiger partial charge in [-0.1, -0.05) is 237 Å². The Labute approximate surface area is 404 Å². The normalized spacial score (nSPS) is 11.2. The van der Waals surface area contributed by atoms with Crippen LogP contribution in [0.2, 0.25) is 0 Å². The molecule has 324 valence electrons. The molecule has 0 N–H and O–H groups in total. The Balaban J connectivity index is 0.939. The summed E-state index contributed by atoms with van der Waals surface area (Å²) in [4.78, 5) is 2.37. The molecule has 0 radical (unpaired) electrons. The van der Waals surface area contributed by atoms with Crippen LogP contribution in [0.5, 0.6) is 0 Å². The van der Waals surface area contributed by atoms with Gasteiger partial charge in [-0.15, -0.1) is 0 Å². The second-order valence-corrected chi connectivity index (χ2v) is 17.7. The maximum absolute atomic E-state index is 2.37. The minimum atomic E-state index is 1.08. The first-order chi connectivity index (χ1) is 34.2. The minimum absolute atomic E-state index is 1.08. The van der Waals surface area contributed by atoms with Crippen molar-refractivity contribution in [1.82, 2.24) is 0 Å². The molecule has 0 unspecified atom stereocenters. The third kappa shape index (κ3) is 8.18. The lowest BCUT2D eigenvalue weighted by Crippen LogP contribution is -2.09. The van der Waals surface area contributed by atoms with E-state index in [1.807, 2.05) is 0 Å². The van der Waals surface area contributed by atoms with Crippen LogP contribution in [0.4, 0.5) is 17.1 Å². The van der Waals surface area contributed by atoms with Gasteiger partial charge in [-0.05, 0) is 148 Å². The van der Waals surface area contributed by atoms with Gasteiger partial charge in [-0.3, -0.25) is 0 Å². The number of rotatable bonds is 10. The van der Waals surface area contributed by atoms with Gasteiger partial charge in [0.25, 0.3) is 0 Å². The van der Waals surface area contributed by atoms with Crippen molar-refractivity contribution in [1.29, 1.82) is 0 Å². The SMILES string of the molecule is c1ccc(-c2ccc(-c3ccc(N(c4ccc(-c5cccc(-c6cccc7ccccc67)c5)cc4)c4ccc(-c5c(-c6ccccc6)ccc6ccccc56)cc4)cc3)cc2-c2ccccc2)cc1. The highest BCUT2D eigenvalue weighted by Gasteiger charge is 2.18. The van der Waals surface area contributed by atoms with Crippen LogP contribution in [0.25, 0.3) is 99.4 Å². The van der Waals surface area contributed by atoms with Gasteiger partial charge in [-0.25, -0.2) is 0 Å². The quantitative estimate of drug-likeness (QED) is 0.132. The Bertz CT molecular complexity index is 3720. The molecule has 0 aliphatic heterocycles. The molecule has 0 aliphatic carbocycles. The molecule has 12 rings (SSSR count). The topological polar surface area (TPSA) is 3.24 Å². The lowest BCUT2D eigenvalue weighted by Gasteiger charge is -2.26. The Morgan fingerprint density at radius 3 is 1.20 bits per heavy atom. The third-order valence-corrected chi connectivity index (χ3v) is 13.5. The first kappa shape index (κ1) is 41.4. The summed E-state index contributed by atoms with van der Waals surface area (Å²) in [5.74, 6) is 0. The minimum Gasteiger partial charge on any atom is -0.311 e. The summed E-state index contributed by atoms with van der Waals surface area (Å²) in [5, 5.41) is 4.98. The molecule has 0 heterocycles. The molecular formula is C68H47N. The second kappa shape index (κ2) is 18.3. The predicted molar refractivity (Wildman–Crippen MR) is 294 cm³/mol. The van der Waals surface area contributed by atoms with Crippen molar-refractivity contribution in [3.05, 3.63) is 285 Å². The van der Waals surface area contributed by atoms with Crippen molar-refractivity contribution >= 4 is 38.6 Å². The van der Waals surface area contributed by atoms with E-state index in [0.717, 1.165) is 22.6 Å². The summed E-state index contributed by atoms with van der Waals surface area (Å²) in [6.07, 6.45) is 0. The van der Waals surface area contributed by atoms with Gasteiger partial charge in [-0.2, -0.15) is 0 Å². The molecule has 0 fully saturated rings. The molecule has 0 atom stereocenters. The first-order valence-electron chi connectivity index (χ1n) is 23.7. The number of hydrogen-bond acceptors (Lipinski definition) is 1. The Hall–Kier alpha value is -9.04. The average Bonchev–Trinajstić information content (AvgIpc) is 3.44. The van der Waals surface area contributed by atoms with Crippen LogP contribution in [0.1, 0.15) is 0 Å². The maximum Gasteiger partial charge on any atom is 0.0462 e.